The Hall–Kier alpha value is -4.12. The van der Waals surface area contributed by atoms with Gasteiger partial charge in [-0.25, -0.2) is 4.98 Å². The van der Waals surface area contributed by atoms with Gasteiger partial charge in [-0.05, 0) is 48.9 Å². The molecule has 2 amide bonds. The van der Waals surface area contributed by atoms with E-state index in [-0.39, 0.29) is 18.4 Å². The van der Waals surface area contributed by atoms with Crippen LogP contribution in [0.25, 0.3) is 0 Å². The summed E-state index contributed by atoms with van der Waals surface area (Å²) >= 11 is 0. The van der Waals surface area contributed by atoms with Crippen molar-refractivity contribution in [2.45, 2.75) is 13.0 Å². The number of aromatic nitrogens is 1. The molecule has 1 aromatic carbocycles. The van der Waals surface area contributed by atoms with E-state index in [1.165, 1.54) is 11.8 Å². The monoisotopic (exact) mass is 531 g/mol. The number of nitrogens with two attached hydrogens (primary N) is 1. The highest BCUT2D eigenvalue weighted by atomic mass is 16.2. The Morgan fingerprint density at radius 1 is 1.00 bits per heavy atom. The van der Waals surface area contributed by atoms with Gasteiger partial charge < -0.3 is 35.6 Å². The minimum Gasteiger partial charge on any atom is -0.385 e. The Morgan fingerprint density at radius 2 is 1.79 bits per heavy atom. The fourth-order valence-corrected chi connectivity index (χ4v) is 5.30. The summed E-state index contributed by atoms with van der Waals surface area (Å²) in [6, 6.07) is 9.72. The number of carbonyl (C=O) groups excluding carboxylic acids is 2. The van der Waals surface area contributed by atoms with Gasteiger partial charge in [0.15, 0.2) is 0 Å². The highest BCUT2D eigenvalue weighted by Crippen LogP contribution is 2.27. The number of fused-ring (bicyclic) bond motifs is 1. The molecule has 0 radical (unpaired) electrons. The van der Waals surface area contributed by atoms with Crippen LogP contribution in [0.5, 0.6) is 0 Å². The van der Waals surface area contributed by atoms with Crippen LogP contribution < -0.4 is 20.9 Å². The summed E-state index contributed by atoms with van der Waals surface area (Å²) in [7, 11) is 3.69. The standard InChI is InChI=1S/C28H37N9O2/c1-31-28(39)21-4-6-26(32-17-21)36-13-14-37(27(38)19-36)23-5-3-20-7-8-35(18-22(20)15-23)25(30)16-24(29)34-11-9-33(2)10-12-34/h3-6,15-17,30H,7-14,18-19,29H2,1-2H3,(H,31,39)/b24-16+,30-25?. The molecule has 4 heterocycles. The van der Waals surface area contributed by atoms with Crippen LogP contribution in [0.1, 0.15) is 21.5 Å². The Balaban J connectivity index is 1.22. The van der Waals surface area contributed by atoms with Crippen LogP contribution in [-0.4, -0.2) is 104 Å². The Bertz CT molecular complexity index is 1270. The number of carbonyl (C=O) groups is 2. The van der Waals surface area contributed by atoms with Gasteiger partial charge in [0.1, 0.15) is 17.5 Å². The van der Waals surface area contributed by atoms with E-state index in [1.807, 2.05) is 20.8 Å². The Labute approximate surface area is 229 Å². The van der Waals surface area contributed by atoms with E-state index < -0.39 is 0 Å². The van der Waals surface area contributed by atoms with Crippen LogP contribution in [0, 0.1) is 5.41 Å². The SMILES string of the molecule is CNC(=O)c1ccc(N2CCN(c3ccc4c(c3)CN(C(=N)/C=C(\N)N3CCN(C)CC3)CC4)C(=O)C2)nc1. The van der Waals surface area contributed by atoms with Crippen LogP contribution in [0.4, 0.5) is 11.5 Å². The normalized spacial score (nSPS) is 18.7. The van der Waals surface area contributed by atoms with Crippen LogP contribution in [-0.2, 0) is 17.8 Å². The average Bonchev–Trinajstić information content (AvgIpc) is 2.96. The molecule has 11 nitrogen and oxygen atoms in total. The molecular formula is C28H37N9O2. The van der Waals surface area contributed by atoms with Gasteiger partial charge in [-0.2, -0.15) is 0 Å². The van der Waals surface area contributed by atoms with E-state index >= 15 is 0 Å². The second kappa shape index (κ2) is 11.3. The number of hydrogen-bond donors (Lipinski definition) is 3. The molecule has 2 fully saturated rings. The summed E-state index contributed by atoms with van der Waals surface area (Å²) in [5.74, 6) is 1.56. The third kappa shape index (κ3) is 5.83. The minimum absolute atomic E-state index is 0.00155. The molecule has 1 aromatic heterocycles. The second-order valence-corrected chi connectivity index (χ2v) is 10.3. The molecule has 3 aliphatic heterocycles. The maximum absolute atomic E-state index is 13.2. The molecule has 0 atom stereocenters. The minimum atomic E-state index is -0.189. The molecule has 0 spiro atoms. The zero-order valence-electron chi connectivity index (χ0n) is 22.7. The molecule has 4 N–H and O–H groups in total. The molecular weight excluding hydrogens is 494 g/mol. The largest absolute Gasteiger partial charge is 0.385 e. The number of piperazine rings is 2. The summed E-state index contributed by atoms with van der Waals surface area (Å²) in [5, 5.41) is 11.3. The number of pyridine rings is 1. The number of hydrogen-bond acceptors (Lipinski definition) is 8. The summed E-state index contributed by atoms with van der Waals surface area (Å²) in [5.41, 5.74) is 10.1. The van der Waals surface area contributed by atoms with Gasteiger partial charge >= 0.3 is 0 Å². The first-order valence-corrected chi connectivity index (χ1v) is 13.4. The molecule has 11 heteroatoms. The number of likely N-dealkylation sites (N-methyl/N-ethyl adjacent to an activating group) is 1. The fraction of sp³-hybridized carbons (Fsp3) is 0.429. The number of benzene rings is 1. The third-order valence-corrected chi connectivity index (χ3v) is 7.79. The molecule has 3 aliphatic rings. The molecule has 0 bridgehead atoms. The van der Waals surface area contributed by atoms with Crippen LogP contribution in [0.2, 0.25) is 0 Å². The highest BCUT2D eigenvalue weighted by molar-refractivity contribution is 5.98. The smallest absolute Gasteiger partial charge is 0.252 e. The van der Waals surface area contributed by atoms with Gasteiger partial charge in [0.05, 0.1) is 12.1 Å². The highest BCUT2D eigenvalue weighted by Gasteiger charge is 2.27. The summed E-state index contributed by atoms with van der Waals surface area (Å²) in [6.45, 7) is 6.46. The predicted octanol–water partition coefficient (Wildman–Crippen LogP) is 0.677. The predicted molar refractivity (Wildman–Crippen MR) is 152 cm³/mol. The summed E-state index contributed by atoms with van der Waals surface area (Å²) in [6.07, 6.45) is 4.16. The van der Waals surface area contributed by atoms with Gasteiger partial charge in [-0.1, -0.05) is 6.07 Å². The lowest BCUT2D eigenvalue weighted by atomic mass is 9.98. The van der Waals surface area contributed by atoms with Crippen molar-refractivity contribution >= 4 is 29.2 Å². The number of amides is 2. The van der Waals surface area contributed by atoms with Crippen molar-refractivity contribution in [3.63, 3.8) is 0 Å². The van der Waals surface area contributed by atoms with Crippen LogP contribution >= 0.6 is 0 Å². The summed E-state index contributed by atoms with van der Waals surface area (Å²) < 4.78 is 0. The molecule has 0 aliphatic carbocycles. The lowest BCUT2D eigenvalue weighted by molar-refractivity contribution is -0.117. The van der Waals surface area contributed by atoms with Crippen molar-refractivity contribution in [2.24, 2.45) is 5.73 Å². The average molecular weight is 532 g/mol. The Kier molecular flexibility index (Phi) is 7.69. The molecule has 0 saturated carbocycles. The first kappa shape index (κ1) is 26.5. The lowest BCUT2D eigenvalue weighted by Crippen LogP contribution is -2.51. The van der Waals surface area contributed by atoms with Crippen LogP contribution in [0.15, 0.2) is 48.4 Å². The first-order valence-electron chi connectivity index (χ1n) is 13.4. The van der Waals surface area contributed by atoms with Crippen molar-refractivity contribution in [2.75, 3.05) is 76.3 Å². The first-order chi connectivity index (χ1) is 18.8. The third-order valence-electron chi connectivity index (χ3n) is 7.79. The number of amidine groups is 1. The summed E-state index contributed by atoms with van der Waals surface area (Å²) in [4.78, 5) is 39.5. The van der Waals surface area contributed by atoms with E-state index in [0.717, 1.165) is 50.4 Å². The number of rotatable bonds is 5. The van der Waals surface area contributed by atoms with Crippen LogP contribution in [0.3, 0.4) is 0 Å². The topological polar surface area (TPSA) is 125 Å². The van der Waals surface area contributed by atoms with E-state index in [9.17, 15) is 9.59 Å². The molecule has 206 valence electrons. The van der Waals surface area contributed by atoms with E-state index in [0.29, 0.717) is 42.7 Å². The number of nitrogens with zero attached hydrogens (tertiary/aromatic N) is 6. The van der Waals surface area contributed by atoms with Gasteiger partial charge in [0.2, 0.25) is 5.91 Å². The zero-order chi connectivity index (χ0) is 27.5. The van der Waals surface area contributed by atoms with Crippen molar-refractivity contribution < 1.29 is 9.59 Å². The van der Waals surface area contributed by atoms with Crippen molar-refractivity contribution in [1.29, 1.82) is 5.41 Å². The van der Waals surface area contributed by atoms with Gasteiger partial charge in [0, 0.05) is 77.4 Å². The maximum Gasteiger partial charge on any atom is 0.252 e. The van der Waals surface area contributed by atoms with E-state index in [1.54, 1.807) is 25.3 Å². The molecule has 39 heavy (non-hydrogen) atoms. The number of nitrogens with one attached hydrogen (secondary N) is 2. The van der Waals surface area contributed by atoms with Crippen molar-refractivity contribution in [1.82, 2.24) is 25.0 Å². The zero-order valence-corrected chi connectivity index (χ0v) is 22.7. The quantitative estimate of drug-likeness (QED) is 0.380. The molecule has 2 saturated heterocycles. The maximum atomic E-state index is 13.2. The lowest BCUT2D eigenvalue weighted by Gasteiger charge is -2.36. The van der Waals surface area contributed by atoms with E-state index in [4.69, 9.17) is 11.1 Å². The van der Waals surface area contributed by atoms with Crippen molar-refractivity contribution in [3.8, 4) is 0 Å². The number of anilines is 2. The molecule has 5 rings (SSSR count). The van der Waals surface area contributed by atoms with E-state index in [2.05, 4.69) is 39.3 Å². The second-order valence-electron chi connectivity index (χ2n) is 10.3. The van der Waals surface area contributed by atoms with Crippen molar-refractivity contribution in [3.05, 3.63) is 65.1 Å². The fourth-order valence-electron chi connectivity index (χ4n) is 5.30. The van der Waals surface area contributed by atoms with Gasteiger partial charge in [0.25, 0.3) is 5.91 Å². The van der Waals surface area contributed by atoms with Gasteiger partial charge in [-0.3, -0.25) is 15.0 Å². The Morgan fingerprint density at radius 3 is 2.49 bits per heavy atom. The van der Waals surface area contributed by atoms with Gasteiger partial charge in [-0.15, -0.1) is 0 Å². The molecule has 2 aromatic rings. The molecule has 0 unspecified atom stereocenters.